The summed E-state index contributed by atoms with van der Waals surface area (Å²) in [5.74, 6) is 0.973. The van der Waals surface area contributed by atoms with Crippen LogP contribution in [-0.2, 0) is 14.3 Å². The number of nitrogens with zero attached hydrogens (tertiary/aromatic N) is 3. The van der Waals surface area contributed by atoms with Gasteiger partial charge in [-0.15, -0.1) is 11.3 Å². The topological polar surface area (TPSA) is 80.7 Å². The van der Waals surface area contributed by atoms with Gasteiger partial charge < -0.3 is 19.1 Å². The Bertz CT molecular complexity index is 1050. The number of benzene rings is 1. The number of thiophene rings is 1. The van der Waals surface area contributed by atoms with Crippen LogP contribution in [0, 0.1) is 5.41 Å². The van der Waals surface area contributed by atoms with Gasteiger partial charge in [0.1, 0.15) is 18.0 Å². The van der Waals surface area contributed by atoms with Gasteiger partial charge in [-0.05, 0) is 35.1 Å². The number of rotatable bonds is 10. The largest absolute Gasteiger partial charge is 0.497 e. The van der Waals surface area contributed by atoms with Crippen LogP contribution in [0.2, 0.25) is 0 Å². The number of ether oxygens (including phenoxy) is 3. The maximum absolute atomic E-state index is 13.7. The quantitative estimate of drug-likeness (QED) is 0.483. The van der Waals surface area contributed by atoms with Crippen molar-refractivity contribution >= 4 is 28.9 Å². The van der Waals surface area contributed by atoms with Crippen molar-refractivity contribution in [1.82, 2.24) is 9.91 Å². The molecule has 2 heterocycles. The first-order chi connectivity index (χ1) is 16.7. The number of carbonyl (C=O) groups is 2. The molecule has 1 atom stereocenters. The molecule has 190 valence electrons. The molecule has 0 fully saturated rings. The van der Waals surface area contributed by atoms with Crippen molar-refractivity contribution in [3.8, 4) is 11.5 Å². The molecule has 0 aliphatic carbocycles. The summed E-state index contributed by atoms with van der Waals surface area (Å²) in [7, 11) is 4.79. The van der Waals surface area contributed by atoms with Crippen LogP contribution in [0.5, 0.6) is 11.5 Å². The molecule has 0 saturated carbocycles. The Kier molecular flexibility index (Phi) is 8.91. The summed E-state index contributed by atoms with van der Waals surface area (Å²) in [6.07, 6.45) is 0.866. The van der Waals surface area contributed by atoms with Gasteiger partial charge in [-0.3, -0.25) is 9.59 Å². The van der Waals surface area contributed by atoms with E-state index < -0.39 is 0 Å². The zero-order valence-electron chi connectivity index (χ0n) is 21.4. The normalized spacial score (nSPS) is 15.7. The molecule has 0 spiro atoms. The SMILES string of the molecule is COCCN(CC(=O)N1N=C(c2cccs2)CC1c1cc(OC)ccc1OC)C(=O)CC(C)(C)C. The molecule has 35 heavy (non-hydrogen) atoms. The predicted molar refractivity (Wildman–Crippen MR) is 137 cm³/mol. The summed E-state index contributed by atoms with van der Waals surface area (Å²) >= 11 is 1.58. The molecule has 1 aliphatic heterocycles. The van der Waals surface area contributed by atoms with Crippen LogP contribution in [0.3, 0.4) is 0 Å². The zero-order valence-corrected chi connectivity index (χ0v) is 22.2. The third-order valence-electron chi connectivity index (χ3n) is 5.69. The standard InChI is InChI=1S/C26H35N3O5S/c1-26(2,3)16-24(30)28(11-12-32-4)17-25(31)29-21(15-20(27-29)23-8-7-13-35-23)19-14-18(33-5)9-10-22(19)34-6/h7-10,13-14,21H,11-12,15-17H2,1-6H3. The van der Waals surface area contributed by atoms with Gasteiger partial charge in [-0.1, -0.05) is 26.8 Å². The number of carbonyl (C=O) groups excluding carboxylic acids is 2. The maximum atomic E-state index is 13.7. The van der Waals surface area contributed by atoms with E-state index in [0.717, 1.165) is 16.2 Å². The third-order valence-corrected chi connectivity index (χ3v) is 6.61. The van der Waals surface area contributed by atoms with Crippen molar-refractivity contribution < 1.29 is 23.8 Å². The maximum Gasteiger partial charge on any atom is 0.262 e. The fourth-order valence-corrected chi connectivity index (χ4v) is 4.69. The van der Waals surface area contributed by atoms with Gasteiger partial charge >= 0.3 is 0 Å². The van der Waals surface area contributed by atoms with Crippen LogP contribution in [-0.4, -0.2) is 68.5 Å². The summed E-state index contributed by atoms with van der Waals surface area (Å²) in [6, 6.07) is 9.11. The Morgan fingerprint density at radius 3 is 2.54 bits per heavy atom. The van der Waals surface area contributed by atoms with Gasteiger partial charge in [0.2, 0.25) is 5.91 Å². The molecule has 1 aliphatic rings. The van der Waals surface area contributed by atoms with E-state index in [1.165, 1.54) is 5.01 Å². The average molecular weight is 502 g/mol. The Balaban J connectivity index is 1.93. The first kappa shape index (κ1) is 26.7. The number of hydrazone groups is 1. The van der Waals surface area contributed by atoms with E-state index in [2.05, 4.69) is 0 Å². The molecule has 1 aromatic heterocycles. The molecule has 9 heteroatoms. The number of hydrogen-bond donors (Lipinski definition) is 0. The summed E-state index contributed by atoms with van der Waals surface area (Å²) in [4.78, 5) is 29.3. The van der Waals surface area contributed by atoms with Crippen LogP contribution >= 0.6 is 11.3 Å². The number of hydrogen-bond acceptors (Lipinski definition) is 7. The van der Waals surface area contributed by atoms with Gasteiger partial charge in [0.15, 0.2) is 0 Å². The minimum Gasteiger partial charge on any atom is -0.497 e. The molecule has 0 radical (unpaired) electrons. The lowest BCUT2D eigenvalue weighted by Gasteiger charge is -2.29. The zero-order chi connectivity index (χ0) is 25.6. The van der Waals surface area contributed by atoms with Crippen molar-refractivity contribution in [3.05, 3.63) is 46.2 Å². The van der Waals surface area contributed by atoms with Gasteiger partial charge in [0, 0.05) is 32.1 Å². The molecular formula is C26H35N3O5S. The Morgan fingerprint density at radius 2 is 1.94 bits per heavy atom. The van der Waals surface area contributed by atoms with Crippen LogP contribution in [0.1, 0.15) is 50.1 Å². The Morgan fingerprint density at radius 1 is 1.17 bits per heavy atom. The van der Waals surface area contributed by atoms with Gasteiger partial charge in [0.25, 0.3) is 5.91 Å². The van der Waals surface area contributed by atoms with Gasteiger partial charge in [-0.2, -0.15) is 5.10 Å². The first-order valence-electron chi connectivity index (χ1n) is 11.6. The molecule has 3 rings (SSSR count). The van der Waals surface area contributed by atoms with Crippen LogP contribution in [0.25, 0.3) is 0 Å². The van der Waals surface area contributed by atoms with E-state index in [0.29, 0.717) is 37.5 Å². The minimum absolute atomic E-state index is 0.0811. The fraction of sp³-hybridized carbons (Fsp3) is 0.500. The highest BCUT2D eigenvalue weighted by Crippen LogP contribution is 2.39. The van der Waals surface area contributed by atoms with Crippen LogP contribution in [0.4, 0.5) is 0 Å². The van der Waals surface area contributed by atoms with Gasteiger partial charge in [-0.25, -0.2) is 5.01 Å². The Hall–Kier alpha value is -2.91. The van der Waals surface area contributed by atoms with E-state index >= 15 is 0 Å². The first-order valence-corrected chi connectivity index (χ1v) is 12.5. The van der Waals surface area contributed by atoms with Crippen LogP contribution in [0.15, 0.2) is 40.8 Å². The molecule has 0 bridgehead atoms. The summed E-state index contributed by atoms with van der Waals surface area (Å²) in [5.41, 5.74) is 1.44. The second kappa shape index (κ2) is 11.7. The second-order valence-corrected chi connectivity index (χ2v) is 10.6. The highest BCUT2D eigenvalue weighted by atomic mass is 32.1. The lowest BCUT2D eigenvalue weighted by atomic mass is 9.91. The lowest BCUT2D eigenvalue weighted by Crippen LogP contribution is -2.43. The van der Waals surface area contributed by atoms with Gasteiger partial charge in [0.05, 0.1) is 37.5 Å². The molecule has 1 aromatic carbocycles. The van der Waals surface area contributed by atoms with Crippen LogP contribution < -0.4 is 9.47 Å². The monoisotopic (exact) mass is 501 g/mol. The van der Waals surface area contributed by atoms with E-state index in [1.807, 2.05) is 56.5 Å². The van der Waals surface area contributed by atoms with Crippen molar-refractivity contribution in [2.45, 2.75) is 39.7 Å². The van der Waals surface area contributed by atoms with Crippen molar-refractivity contribution in [2.24, 2.45) is 10.5 Å². The molecule has 8 nitrogen and oxygen atoms in total. The van der Waals surface area contributed by atoms with Crippen molar-refractivity contribution in [2.75, 3.05) is 41.0 Å². The molecular weight excluding hydrogens is 466 g/mol. The molecule has 2 aromatic rings. The highest BCUT2D eigenvalue weighted by Gasteiger charge is 2.36. The predicted octanol–water partition coefficient (Wildman–Crippen LogP) is 4.35. The number of amides is 2. The Labute approximate surface area is 211 Å². The average Bonchev–Trinajstić information content (AvgIpc) is 3.50. The summed E-state index contributed by atoms with van der Waals surface area (Å²) in [6.45, 7) is 6.61. The van der Waals surface area contributed by atoms with Crippen molar-refractivity contribution in [3.63, 3.8) is 0 Å². The minimum atomic E-state index is -0.383. The van der Waals surface area contributed by atoms with E-state index in [-0.39, 0.29) is 29.8 Å². The summed E-state index contributed by atoms with van der Waals surface area (Å²) < 4.78 is 16.2. The fourth-order valence-electron chi connectivity index (χ4n) is 3.97. The molecule has 0 saturated heterocycles. The molecule has 1 unspecified atom stereocenters. The number of methoxy groups -OCH3 is 3. The lowest BCUT2D eigenvalue weighted by molar-refractivity contribution is -0.143. The van der Waals surface area contributed by atoms with Crippen molar-refractivity contribution in [1.29, 1.82) is 0 Å². The van der Waals surface area contributed by atoms with E-state index in [9.17, 15) is 9.59 Å². The molecule has 0 N–H and O–H groups in total. The third kappa shape index (κ3) is 6.82. The molecule has 2 amide bonds. The van der Waals surface area contributed by atoms with E-state index in [4.69, 9.17) is 19.3 Å². The summed E-state index contributed by atoms with van der Waals surface area (Å²) in [5, 5.41) is 8.22. The smallest absolute Gasteiger partial charge is 0.262 e. The van der Waals surface area contributed by atoms with E-state index in [1.54, 1.807) is 37.6 Å². The highest BCUT2D eigenvalue weighted by molar-refractivity contribution is 7.12. The second-order valence-electron chi connectivity index (χ2n) is 9.64.